The predicted octanol–water partition coefficient (Wildman–Crippen LogP) is 1.98. The van der Waals surface area contributed by atoms with Gasteiger partial charge in [0.05, 0.1) is 13.0 Å². The number of benzene rings is 1. The molecule has 0 atom stereocenters. The van der Waals surface area contributed by atoms with E-state index in [0.717, 1.165) is 12.8 Å². The largest absolute Gasteiger partial charge is 0.508 e. The molecule has 0 aliphatic rings. The summed E-state index contributed by atoms with van der Waals surface area (Å²) in [6.45, 7) is 2.42. The molecule has 88 valence electrons. The predicted molar refractivity (Wildman–Crippen MR) is 59.3 cm³/mol. The van der Waals surface area contributed by atoms with Gasteiger partial charge >= 0.3 is 5.97 Å². The minimum absolute atomic E-state index is 0.0236. The molecule has 0 heterocycles. The van der Waals surface area contributed by atoms with E-state index in [9.17, 15) is 9.90 Å². The van der Waals surface area contributed by atoms with Gasteiger partial charge in [0, 0.05) is 11.6 Å². The Hall–Kier alpha value is -1.71. The average Bonchev–Trinajstić information content (AvgIpc) is 2.23. The number of rotatable bonds is 5. The number of esters is 1. The van der Waals surface area contributed by atoms with Gasteiger partial charge in [0.1, 0.15) is 11.5 Å². The number of unbranched alkanes of at least 4 members (excludes halogenated alkanes) is 1. The van der Waals surface area contributed by atoms with Gasteiger partial charge in [0.2, 0.25) is 0 Å². The molecule has 0 bridgehead atoms. The number of carbonyl (C=O) groups is 1. The van der Waals surface area contributed by atoms with Crippen LogP contribution >= 0.6 is 0 Å². The van der Waals surface area contributed by atoms with Crippen molar-refractivity contribution in [2.24, 2.45) is 0 Å². The number of phenols is 2. The van der Waals surface area contributed by atoms with Crippen LogP contribution in [0.2, 0.25) is 0 Å². The van der Waals surface area contributed by atoms with Gasteiger partial charge in [0.15, 0.2) is 0 Å². The molecule has 0 saturated carbocycles. The van der Waals surface area contributed by atoms with Crippen molar-refractivity contribution < 1.29 is 19.7 Å². The van der Waals surface area contributed by atoms with Crippen molar-refractivity contribution in [3.05, 3.63) is 23.8 Å². The van der Waals surface area contributed by atoms with Gasteiger partial charge in [-0.05, 0) is 12.5 Å². The molecule has 16 heavy (non-hydrogen) atoms. The van der Waals surface area contributed by atoms with Crippen LogP contribution in [0.5, 0.6) is 11.5 Å². The molecule has 4 nitrogen and oxygen atoms in total. The molecule has 1 aromatic rings. The fraction of sp³-hybridized carbons (Fsp3) is 0.417. The van der Waals surface area contributed by atoms with E-state index in [1.54, 1.807) is 0 Å². The molecule has 0 aliphatic heterocycles. The maximum absolute atomic E-state index is 11.3. The van der Waals surface area contributed by atoms with Crippen molar-refractivity contribution in [3.63, 3.8) is 0 Å². The van der Waals surface area contributed by atoms with E-state index >= 15 is 0 Å². The van der Waals surface area contributed by atoms with E-state index < -0.39 is 0 Å². The topological polar surface area (TPSA) is 66.8 Å². The van der Waals surface area contributed by atoms with Crippen LogP contribution < -0.4 is 0 Å². The van der Waals surface area contributed by atoms with Gasteiger partial charge in [-0.1, -0.05) is 19.4 Å². The lowest BCUT2D eigenvalue weighted by molar-refractivity contribution is -0.142. The van der Waals surface area contributed by atoms with Crippen molar-refractivity contribution in [2.75, 3.05) is 6.61 Å². The van der Waals surface area contributed by atoms with E-state index in [2.05, 4.69) is 0 Å². The van der Waals surface area contributed by atoms with E-state index in [1.165, 1.54) is 18.2 Å². The summed E-state index contributed by atoms with van der Waals surface area (Å²) in [6, 6.07) is 4.13. The molecule has 0 spiro atoms. The van der Waals surface area contributed by atoms with E-state index in [-0.39, 0.29) is 23.9 Å². The van der Waals surface area contributed by atoms with Crippen molar-refractivity contribution in [1.29, 1.82) is 0 Å². The fourth-order valence-corrected chi connectivity index (χ4v) is 1.24. The Morgan fingerprint density at radius 2 is 2.12 bits per heavy atom. The van der Waals surface area contributed by atoms with Gasteiger partial charge in [0.25, 0.3) is 0 Å². The van der Waals surface area contributed by atoms with Gasteiger partial charge in [-0.25, -0.2) is 0 Å². The Morgan fingerprint density at radius 1 is 1.38 bits per heavy atom. The van der Waals surface area contributed by atoms with E-state index in [0.29, 0.717) is 12.2 Å². The minimum atomic E-state index is -0.366. The number of phenolic OH excluding ortho intramolecular Hbond substituents is 2. The van der Waals surface area contributed by atoms with E-state index in [1.807, 2.05) is 6.92 Å². The van der Waals surface area contributed by atoms with Gasteiger partial charge in [-0.2, -0.15) is 0 Å². The highest BCUT2D eigenvalue weighted by Gasteiger charge is 2.09. The molecule has 0 unspecified atom stereocenters. The summed E-state index contributed by atoms with van der Waals surface area (Å²) in [7, 11) is 0. The summed E-state index contributed by atoms with van der Waals surface area (Å²) in [5.74, 6) is -0.484. The second-order valence-electron chi connectivity index (χ2n) is 3.56. The van der Waals surface area contributed by atoms with Gasteiger partial charge in [-0.3, -0.25) is 4.79 Å². The maximum Gasteiger partial charge on any atom is 0.310 e. The van der Waals surface area contributed by atoms with Crippen LogP contribution in [0.1, 0.15) is 25.3 Å². The van der Waals surface area contributed by atoms with Gasteiger partial charge < -0.3 is 14.9 Å². The Morgan fingerprint density at radius 3 is 2.75 bits per heavy atom. The zero-order valence-electron chi connectivity index (χ0n) is 9.27. The first-order chi connectivity index (χ1) is 7.63. The molecular weight excluding hydrogens is 208 g/mol. The molecule has 1 rings (SSSR count). The number of carbonyl (C=O) groups excluding carboxylic acids is 1. The van der Waals surface area contributed by atoms with Crippen LogP contribution in [0.15, 0.2) is 18.2 Å². The Balaban J connectivity index is 2.49. The zero-order valence-corrected chi connectivity index (χ0v) is 9.27. The maximum atomic E-state index is 11.3. The molecule has 0 aliphatic carbocycles. The summed E-state index contributed by atoms with van der Waals surface area (Å²) in [5.41, 5.74) is 0.458. The second kappa shape index (κ2) is 6.00. The van der Waals surface area contributed by atoms with Crippen molar-refractivity contribution >= 4 is 5.97 Å². The van der Waals surface area contributed by atoms with Crippen molar-refractivity contribution in [1.82, 2.24) is 0 Å². The first-order valence-electron chi connectivity index (χ1n) is 5.30. The highest BCUT2D eigenvalue weighted by Crippen LogP contribution is 2.23. The molecule has 0 radical (unpaired) electrons. The highest BCUT2D eigenvalue weighted by atomic mass is 16.5. The van der Waals surface area contributed by atoms with Crippen LogP contribution in [0.4, 0.5) is 0 Å². The molecule has 1 aromatic carbocycles. The van der Waals surface area contributed by atoms with Crippen LogP contribution in [-0.2, 0) is 16.0 Å². The third-order valence-electron chi connectivity index (χ3n) is 2.16. The van der Waals surface area contributed by atoms with E-state index in [4.69, 9.17) is 9.84 Å². The summed E-state index contributed by atoms with van der Waals surface area (Å²) < 4.78 is 4.96. The molecule has 0 fully saturated rings. The van der Waals surface area contributed by atoms with Crippen molar-refractivity contribution in [3.8, 4) is 11.5 Å². The Labute approximate surface area is 94.5 Å². The Bertz CT molecular complexity index is 360. The van der Waals surface area contributed by atoms with Crippen molar-refractivity contribution in [2.45, 2.75) is 26.2 Å². The SMILES string of the molecule is CCCCOC(=O)Cc1ccc(O)cc1O. The number of ether oxygens (including phenoxy) is 1. The number of aromatic hydroxyl groups is 2. The van der Waals surface area contributed by atoms with Crippen LogP contribution in [0.3, 0.4) is 0 Å². The highest BCUT2D eigenvalue weighted by molar-refractivity contribution is 5.73. The molecule has 0 aromatic heterocycles. The first-order valence-corrected chi connectivity index (χ1v) is 5.30. The lowest BCUT2D eigenvalue weighted by Gasteiger charge is -2.05. The van der Waals surface area contributed by atoms with Crippen LogP contribution in [0, 0.1) is 0 Å². The molecule has 2 N–H and O–H groups in total. The lowest BCUT2D eigenvalue weighted by Crippen LogP contribution is -2.09. The van der Waals surface area contributed by atoms with Crippen LogP contribution in [-0.4, -0.2) is 22.8 Å². The fourth-order valence-electron chi connectivity index (χ4n) is 1.24. The zero-order chi connectivity index (χ0) is 12.0. The summed E-state index contributed by atoms with van der Waals surface area (Å²) in [6.07, 6.45) is 1.83. The number of hydrogen-bond donors (Lipinski definition) is 2. The third kappa shape index (κ3) is 3.81. The summed E-state index contributed by atoms with van der Waals surface area (Å²) >= 11 is 0. The summed E-state index contributed by atoms with van der Waals surface area (Å²) in [4.78, 5) is 11.3. The monoisotopic (exact) mass is 224 g/mol. The smallest absolute Gasteiger partial charge is 0.310 e. The minimum Gasteiger partial charge on any atom is -0.508 e. The third-order valence-corrected chi connectivity index (χ3v) is 2.16. The average molecular weight is 224 g/mol. The van der Waals surface area contributed by atoms with Gasteiger partial charge in [-0.15, -0.1) is 0 Å². The normalized spacial score (nSPS) is 10.1. The molecule has 4 heteroatoms. The Kier molecular flexibility index (Phi) is 4.64. The standard InChI is InChI=1S/C12H16O4/c1-2-3-6-16-12(15)7-9-4-5-10(13)8-11(9)14/h4-5,8,13-14H,2-3,6-7H2,1H3. The molecule has 0 amide bonds. The molecular formula is C12H16O4. The quantitative estimate of drug-likeness (QED) is 0.593. The van der Waals surface area contributed by atoms with Crippen LogP contribution in [0.25, 0.3) is 0 Å². The first kappa shape index (κ1) is 12.4. The number of hydrogen-bond acceptors (Lipinski definition) is 4. The molecule has 0 saturated heterocycles. The second-order valence-corrected chi connectivity index (χ2v) is 3.56. The summed E-state index contributed by atoms with van der Waals surface area (Å²) in [5, 5.41) is 18.5. The lowest BCUT2D eigenvalue weighted by atomic mass is 10.1.